The number of anilines is 1. The predicted octanol–water partition coefficient (Wildman–Crippen LogP) is 10.0. The van der Waals surface area contributed by atoms with Gasteiger partial charge in [0.25, 0.3) is 11.8 Å². The van der Waals surface area contributed by atoms with Gasteiger partial charge in [-0.25, -0.2) is 4.90 Å². The first-order valence-electron chi connectivity index (χ1n) is 11.8. The van der Waals surface area contributed by atoms with Crippen LogP contribution in [0, 0.1) is 13.8 Å². The van der Waals surface area contributed by atoms with Crippen molar-refractivity contribution in [1.29, 1.82) is 0 Å². The number of hydrogen-bond donors (Lipinski definition) is 0. The fourth-order valence-corrected chi connectivity index (χ4v) is 7.36. The number of Topliss-reactive ketones (excluding diaryl/α,β-unsaturated/α-hetero) is 2. The lowest BCUT2D eigenvalue weighted by molar-refractivity contribution is 0.0882. The van der Waals surface area contributed by atoms with Crippen molar-refractivity contribution < 1.29 is 19.2 Å². The van der Waals surface area contributed by atoms with E-state index in [2.05, 4.69) is 4.98 Å². The Morgan fingerprint density at radius 1 is 0.571 bits per heavy atom. The number of fused-ring (bicyclic) bond motifs is 3. The second-order valence-electron chi connectivity index (χ2n) is 9.64. The minimum Gasteiger partial charge on any atom is -0.293 e. The third-order valence-electron chi connectivity index (χ3n) is 7.25. The average molecular weight is 722 g/mol. The molecular weight excluding hydrogens is 712 g/mol. The van der Waals surface area contributed by atoms with E-state index < -0.39 is 29.3 Å². The van der Waals surface area contributed by atoms with Gasteiger partial charge in [-0.2, -0.15) is 0 Å². The van der Waals surface area contributed by atoms with Gasteiger partial charge in [-0.1, -0.05) is 92.8 Å². The molecule has 14 heteroatoms. The highest BCUT2D eigenvalue weighted by Crippen LogP contribution is 2.49. The molecule has 1 aliphatic heterocycles. The van der Waals surface area contributed by atoms with Crippen LogP contribution in [-0.2, 0) is 0 Å². The molecule has 6 rings (SSSR count). The van der Waals surface area contributed by atoms with Crippen molar-refractivity contribution in [1.82, 2.24) is 4.98 Å². The normalized spacial score (nSPS) is 15.0. The monoisotopic (exact) mass is 718 g/mol. The molecule has 2 aliphatic rings. The summed E-state index contributed by atoms with van der Waals surface area (Å²) in [6.45, 7) is 3.44. The number of rotatable bonds is 2. The summed E-state index contributed by atoms with van der Waals surface area (Å²) in [5.74, 6) is -4.02. The first-order valence-corrected chi connectivity index (χ1v) is 14.8. The van der Waals surface area contributed by atoms with Gasteiger partial charge in [0.2, 0.25) is 0 Å². The summed E-state index contributed by atoms with van der Waals surface area (Å²) in [7, 11) is 0. The standard InChI is InChI=1S/C28H10Cl8N2O4/c1-6-4-10(11-25(39)12-13(26(11)40)17(30)21(34)20(33)16(12)29)37-24-7(2)3-8(5-9(6)24)38-27(41)14-15(28(38)42)19(32)23(36)22(35)18(14)31/h3-5,11H,1-2H3. The minimum absolute atomic E-state index is 0.110. The number of ketones is 2. The van der Waals surface area contributed by atoms with Crippen LogP contribution in [0.1, 0.15) is 64.2 Å². The Morgan fingerprint density at radius 2 is 1.00 bits per heavy atom. The van der Waals surface area contributed by atoms with Gasteiger partial charge in [-0.05, 0) is 43.2 Å². The molecule has 2 heterocycles. The number of benzene rings is 3. The summed E-state index contributed by atoms with van der Waals surface area (Å²) >= 11 is 49.7. The van der Waals surface area contributed by atoms with E-state index in [0.717, 1.165) is 4.90 Å². The SMILES string of the molecule is Cc1cc(C2C(=O)c3c(Cl)c(Cl)c(Cl)c(Cl)c3C2=O)nc2c(C)cc(N3C(=O)c4c(Cl)c(Cl)c(Cl)c(Cl)c4C3=O)cc12. The number of carbonyl (C=O) groups excluding carboxylic acids is 4. The molecule has 6 nitrogen and oxygen atoms in total. The quantitative estimate of drug-likeness (QED) is 0.0891. The highest BCUT2D eigenvalue weighted by Gasteiger charge is 2.46. The Morgan fingerprint density at radius 3 is 1.45 bits per heavy atom. The lowest BCUT2D eigenvalue weighted by Gasteiger charge is -2.18. The number of carbonyl (C=O) groups is 4. The molecule has 4 aromatic rings. The lowest BCUT2D eigenvalue weighted by atomic mass is 9.95. The smallest absolute Gasteiger partial charge is 0.267 e. The van der Waals surface area contributed by atoms with E-state index >= 15 is 0 Å². The van der Waals surface area contributed by atoms with E-state index in [-0.39, 0.29) is 73.8 Å². The summed E-state index contributed by atoms with van der Waals surface area (Å²) in [6, 6.07) is 4.71. The Balaban J connectivity index is 1.47. The minimum atomic E-state index is -1.33. The van der Waals surface area contributed by atoms with E-state index in [4.69, 9.17) is 92.8 Å². The van der Waals surface area contributed by atoms with Crippen molar-refractivity contribution in [3.8, 4) is 0 Å². The van der Waals surface area contributed by atoms with E-state index in [0.29, 0.717) is 22.0 Å². The van der Waals surface area contributed by atoms with Crippen molar-refractivity contribution in [3.05, 3.63) is 97.5 Å². The highest BCUT2D eigenvalue weighted by atomic mass is 35.5. The highest BCUT2D eigenvalue weighted by molar-refractivity contribution is 6.57. The molecule has 0 bridgehead atoms. The molecule has 0 fully saturated rings. The maximum atomic E-state index is 13.5. The second-order valence-corrected chi connectivity index (χ2v) is 12.7. The summed E-state index contributed by atoms with van der Waals surface area (Å²) in [5, 5.41) is -0.683. The Labute approximate surface area is 277 Å². The molecule has 0 N–H and O–H groups in total. The van der Waals surface area contributed by atoms with Crippen LogP contribution in [0.4, 0.5) is 5.69 Å². The lowest BCUT2D eigenvalue weighted by Crippen LogP contribution is -2.29. The van der Waals surface area contributed by atoms with Gasteiger partial charge in [0.1, 0.15) is 5.92 Å². The molecule has 1 aromatic heterocycles. The maximum absolute atomic E-state index is 13.5. The number of pyridine rings is 1. The van der Waals surface area contributed by atoms with Crippen LogP contribution in [0.3, 0.4) is 0 Å². The molecule has 0 radical (unpaired) electrons. The molecule has 0 saturated carbocycles. The van der Waals surface area contributed by atoms with Crippen molar-refractivity contribution >= 4 is 133 Å². The second kappa shape index (κ2) is 10.2. The van der Waals surface area contributed by atoms with Gasteiger partial charge in [-0.3, -0.25) is 24.2 Å². The average Bonchev–Trinajstić information content (AvgIpc) is 3.36. The number of amides is 2. The predicted molar refractivity (Wildman–Crippen MR) is 167 cm³/mol. The molecule has 42 heavy (non-hydrogen) atoms. The van der Waals surface area contributed by atoms with E-state index in [1.165, 1.54) is 0 Å². The number of hydrogen-bond acceptors (Lipinski definition) is 5. The molecule has 0 saturated heterocycles. The number of nitrogens with zero attached hydrogens (tertiary/aromatic N) is 2. The molecule has 0 atom stereocenters. The molecule has 2 amide bonds. The van der Waals surface area contributed by atoms with Gasteiger partial charge >= 0.3 is 0 Å². The maximum Gasteiger partial charge on any atom is 0.267 e. The summed E-state index contributed by atoms with van der Waals surface area (Å²) < 4.78 is 0. The third kappa shape index (κ3) is 3.97. The molecule has 212 valence electrons. The third-order valence-corrected chi connectivity index (χ3v) is 10.9. The first-order chi connectivity index (χ1) is 19.7. The zero-order valence-corrected chi connectivity index (χ0v) is 26.9. The van der Waals surface area contributed by atoms with Gasteiger partial charge < -0.3 is 0 Å². The number of imide groups is 1. The van der Waals surface area contributed by atoms with Gasteiger partial charge in [0.15, 0.2) is 11.6 Å². The van der Waals surface area contributed by atoms with Crippen LogP contribution in [0.15, 0.2) is 18.2 Å². The van der Waals surface area contributed by atoms with Crippen LogP contribution in [0.2, 0.25) is 40.2 Å². The molecule has 1 aliphatic carbocycles. The van der Waals surface area contributed by atoms with Crippen LogP contribution in [-0.4, -0.2) is 28.4 Å². The van der Waals surface area contributed by atoms with Crippen molar-refractivity contribution in [3.63, 3.8) is 0 Å². The van der Waals surface area contributed by atoms with Crippen molar-refractivity contribution in [2.24, 2.45) is 0 Å². The Bertz CT molecular complexity index is 1800. The number of aromatic nitrogens is 1. The first kappa shape index (κ1) is 29.9. The van der Waals surface area contributed by atoms with Gasteiger partial charge in [0, 0.05) is 5.39 Å². The zero-order valence-electron chi connectivity index (χ0n) is 20.9. The molecular formula is C28H10Cl8N2O4. The van der Waals surface area contributed by atoms with Crippen LogP contribution >= 0.6 is 92.8 Å². The van der Waals surface area contributed by atoms with Crippen LogP contribution in [0.25, 0.3) is 10.9 Å². The summed E-state index contributed by atoms with van der Waals surface area (Å²) in [5.41, 5.74) is 1.41. The van der Waals surface area contributed by atoms with Crippen molar-refractivity contribution in [2.45, 2.75) is 19.8 Å². The van der Waals surface area contributed by atoms with Crippen LogP contribution in [0.5, 0.6) is 0 Å². The van der Waals surface area contributed by atoms with E-state index in [1.807, 2.05) is 0 Å². The number of aryl methyl sites for hydroxylation is 2. The summed E-state index contributed by atoms with van der Waals surface area (Å²) in [6.07, 6.45) is 0. The van der Waals surface area contributed by atoms with E-state index in [1.54, 1.807) is 32.0 Å². The zero-order chi connectivity index (χ0) is 30.7. The topological polar surface area (TPSA) is 84.4 Å². The molecule has 3 aromatic carbocycles. The Kier molecular flexibility index (Phi) is 7.28. The fourth-order valence-electron chi connectivity index (χ4n) is 5.30. The van der Waals surface area contributed by atoms with Crippen molar-refractivity contribution in [2.75, 3.05) is 4.90 Å². The van der Waals surface area contributed by atoms with Gasteiger partial charge in [-0.15, -0.1) is 0 Å². The van der Waals surface area contributed by atoms with Crippen LogP contribution < -0.4 is 4.90 Å². The summed E-state index contributed by atoms with van der Waals surface area (Å²) in [4.78, 5) is 59.3. The van der Waals surface area contributed by atoms with E-state index in [9.17, 15) is 19.2 Å². The Hall–Kier alpha value is -2.13. The van der Waals surface area contributed by atoms with Gasteiger partial charge in [0.05, 0.1) is 79.3 Å². The molecule has 0 unspecified atom stereocenters. The largest absolute Gasteiger partial charge is 0.293 e. The number of halogens is 8. The molecule has 0 spiro atoms. The fraction of sp³-hybridized carbons (Fsp3) is 0.107.